The Morgan fingerprint density at radius 1 is 1.10 bits per heavy atom. The van der Waals surface area contributed by atoms with E-state index in [9.17, 15) is 0 Å². The second-order valence-corrected chi connectivity index (χ2v) is 5.79. The molecule has 0 bridgehead atoms. The van der Waals surface area contributed by atoms with Crippen molar-refractivity contribution in [3.8, 4) is 0 Å². The zero-order valence-corrected chi connectivity index (χ0v) is 12.2. The monoisotopic (exact) mass is 283 g/mol. The first-order chi connectivity index (χ1) is 9.78. The van der Waals surface area contributed by atoms with Crippen molar-refractivity contribution in [3.63, 3.8) is 0 Å². The summed E-state index contributed by atoms with van der Waals surface area (Å²) in [4.78, 5) is 6.71. The molecule has 0 unspecified atom stereocenters. The topological polar surface area (TPSA) is 42.1 Å². The maximum atomic E-state index is 5.62. The molecular weight excluding hydrogens is 266 g/mol. The third kappa shape index (κ3) is 2.53. The summed E-state index contributed by atoms with van der Waals surface area (Å²) in [6, 6.07) is 12.6. The molecular formula is C16H17N3S. The molecule has 0 spiro atoms. The molecule has 2 N–H and O–H groups in total. The number of fused-ring (bicyclic) bond motifs is 1. The summed E-state index contributed by atoms with van der Waals surface area (Å²) in [6.07, 6.45) is 1.88. The second kappa shape index (κ2) is 5.61. The zero-order valence-electron chi connectivity index (χ0n) is 11.4. The van der Waals surface area contributed by atoms with Crippen LogP contribution in [0.1, 0.15) is 11.1 Å². The number of rotatable bonds is 4. The molecule has 20 heavy (non-hydrogen) atoms. The van der Waals surface area contributed by atoms with Crippen LogP contribution < -0.4 is 10.6 Å². The van der Waals surface area contributed by atoms with Gasteiger partial charge in [0.05, 0.1) is 0 Å². The van der Waals surface area contributed by atoms with E-state index in [2.05, 4.69) is 58.7 Å². The second-order valence-electron chi connectivity index (χ2n) is 4.84. The Hall–Kier alpha value is -1.91. The summed E-state index contributed by atoms with van der Waals surface area (Å²) < 4.78 is 1.28. The molecule has 3 nitrogen and oxygen atoms in total. The minimum atomic E-state index is 0.589. The lowest BCUT2D eigenvalue weighted by molar-refractivity contribution is 0.903. The van der Waals surface area contributed by atoms with Gasteiger partial charge in [-0.3, -0.25) is 0 Å². The first kappa shape index (κ1) is 13.1. The molecule has 102 valence electrons. The van der Waals surface area contributed by atoms with E-state index in [1.54, 1.807) is 11.3 Å². The fraction of sp³-hybridized carbons (Fsp3) is 0.188. The van der Waals surface area contributed by atoms with Gasteiger partial charge in [0.1, 0.15) is 5.82 Å². The molecule has 4 heteroatoms. The van der Waals surface area contributed by atoms with Crippen LogP contribution in [-0.4, -0.2) is 12.0 Å². The lowest BCUT2D eigenvalue weighted by Gasteiger charge is -2.19. The van der Waals surface area contributed by atoms with Crippen LogP contribution in [0.15, 0.2) is 48.0 Å². The third-order valence-corrected chi connectivity index (χ3v) is 4.28. The van der Waals surface area contributed by atoms with Gasteiger partial charge in [0, 0.05) is 36.4 Å². The summed E-state index contributed by atoms with van der Waals surface area (Å²) in [5.74, 6) is 1.03. The average molecular weight is 283 g/mol. The Kier molecular flexibility index (Phi) is 3.67. The largest absolute Gasteiger partial charge is 0.355 e. The Morgan fingerprint density at radius 3 is 2.60 bits per heavy atom. The van der Waals surface area contributed by atoms with E-state index < -0.39 is 0 Å². The molecule has 0 saturated heterocycles. The molecule has 0 aliphatic rings. The van der Waals surface area contributed by atoms with Crippen molar-refractivity contribution in [1.29, 1.82) is 0 Å². The highest BCUT2D eigenvalue weighted by atomic mass is 32.1. The van der Waals surface area contributed by atoms with Crippen LogP contribution in [0.4, 0.5) is 5.82 Å². The van der Waals surface area contributed by atoms with Crippen molar-refractivity contribution in [2.75, 3.05) is 11.9 Å². The smallest absolute Gasteiger partial charge is 0.137 e. The zero-order chi connectivity index (χ0) is 13.9. The fourth-order valence-electron chi connectivity index (χ4n) is 2.31. The summed E-state index contributed by atoms with van der Waals surface area (Å²) in [5.41, 5.74) is 8.05. The van der Waals surface area contributed by atoms with E-state index in [1.165, 1.54) is 15.6 Å². The van der Waals surface area contributed by atoms with E-state index in [-0.39, 0.29) is 0 Å². The predicted molar refractivity (Wildman–Crippen MR) is 86.1 cm³/mol. The number of thiophene rings is 1. The molecule has 3 aromatic rings. The van der Waals surface area contributed by atoms with E-state index in [4.69, 9.17) is 5.73 Å². The molecule has 0 aliphatic carbocycles. The quantitative estimate of drug-likeness (QED) is 0.798. The van der Waals surface area contributed by atoms with Gasteiger partial charge in [0.15, 0.2) is 0 Å². The molecule has 0 saturated carbocycles. The SMILES string of the molecule is CN(Cc1ccc(CN)cc1)c1nccc2sccc12. The highest BCUT2D eigenvalue weighted by Gasteiger charge is 2.08. The molecule has 0 amide bonds. The molecule has 1 aromatic carbocycles. The van der Waals surface area contributed by atoms with E-state index >= 15 is 0 Å². The highest BCUT2D eigenvalue weighted by Crippen LogP contribution is 2.28. The van der Waals surface area contributed by atoms with E-state index in [0.717, 1.165) is 17.9 Å². The normalized spacial score (nSPS) is 10.9. The number of hydrogen-bond acceptors (Lipinski definition) is 4. The Morgan fingerprint density at radius 2 is 1.85 bits per heavy atom. The Bertz CT molecular complexity index is 703. The standard InChI is InChI=1S/C16H17N3S/c1-19(11-13-4-2-12(10-17)3-5-13)16-14-7-9-20-15(14)6-8-18-16/h2-9H,10-11,17H2,1H3. The van der Waals surface area contributed by atoms with Crippen LogP contribution in [0, 0.1) is 0 Å². The number of pyridine rings is 1. The van der Waals surface area contributed by atoms with Gasteiger partial charge in [-0.1, -0.05) is 24.3 Å². The highest BCUT2D eigenvalue weighted by molar-refractivity contribution is 7.17. The van der Waals surface area contributed by atoms with Crippen LogP contribution in [0.2, 0.25) is 0 Å². The fourth-order valence-corrected chi connectivity index (χ4v) is 3.09. The first-order valence-corrected chi connectivity index (χ1v) is 7.47. The molecule has 0 radical (unpaired) electrons. The number of nitrogens with zero attached hydrogens (tertiary/aromatic N) is 2. The van der Waals surface area contributed by atoms with Crippen molar-refractivity contribution in [2.45, 2.75) is 13.1 Å². The van der Waals surface area contributed by atoms with Crippen LogP contribution in [0.3, 0.4) is 0 Å². The van der Waals surface area contributed by atoms with Crippen molar-refractivity contribution in [3.05, 3.63) is 59.1 Å². The van der Waals surface area contributed by atoms with E-state index in [1.807, 2.05) is 6.20 Å². The Labute approximate surface area is 122 Å². The third-order valence-electron chi connectivity index (χ3n) is 3.40. The van der Waals surface area contributed by atoms with Gasteiger partial charge < -0.3 is 10.6 Å². The summed E-state index contributed by atoms with van der Waals surface area (Å²) in [6.45, 7) is 1.43. The van der Waals surface area contributed by atoms with Gasteiger partial charge >= 0.3 is 0 Å². The van der Waals surface area contributed by atoms with Crippen molar-refractivity contribution < 1.29 is 0 Å². The molecule has 0 aliphatic heterocycles. The van der Waals surface area contributed by atoms with Gasteiger partial charge in [-0.05, 0) is 28.6 Å². The van der Waals surface area contributed by atoms with Gasteiger partial charge in [0.25, 0.3) is 0 Å². The maximum Gasteiger partial charge on any atom is 0.137 e. The summed E-state index contributed by atoms with van der Waals surface area (Å²) in [5, 5.41) is 3.33. The number of aromatic nitrogens is 1. The van der Waals surface area contributed by atoms with Gasteiger partial charge in [0.2, 0.25) is 0 Å². The van der Waals surface area contributed by atoms with Crippen LogP contribution in [0.5, 0.6) is 0 Å². The molecule has 0 atom stereocenters. The minimum absolute atomic E-state index is 0.589. The molecule has 2 heterocycles. The number of benzene rings is 1. The van der Waals surface area contributed by atoms with Gasteiger partial charge in [-0.15, -0.1) is 11.3 Å². The summed E-state index contributed by atoms with van der Waals surface area (Å²) in [7, 11) is 2.08. The van der Waals surface area contributed by atoms with E-state index in [0.29, 0.717) is 6.54 Å². The first-order valence-electron chi connectivity index (χ1n) is 6.59. The van der Waals surface area contributed by atoms with Gasteiger partial charge in [-0.25, -0.2) is 4.98 Å². The van der Waals surface area contributed by atoms with Gasteiger partial charge in [-0.2, -0.15) is 0 Å². The van der Waals surface area contributed by atoms with Crippen molar-refractivity contribution >= 4 is 27.2 Å². The lowest BCUT2D eigenvalue weighted by atomic mass is 10.1. The average Bonchev–Trinajstić information content (AvgIpc) is 2.96. The summed E-state index contributed by atoms with van der Waals surface area (Å²) >= 11 is 1.75. The van der Waals surface area contributed by atoms with Crippen molar-refractivity contribution in [1.82, 2.24) is 4.98 Å². The lowest BCUT2D eigenvalue weighted by Crippen LogP contribution is -2.17. The molecule has 3 rings (SSSR count). The maximum absolute atomic E-state index is 5.62. The van der Waals surface area contributed by atoms with Crippen LogP contribution >= 0.6 is 11.3 Å². The van der Waals surface area contributed by atoms with Crippen LogP contribution in [-0.2, 0) is 13.1 Å². The number of nitrogens with two attached hydrogens (primary N) is 1. The number of hydrogen-bond donors (Lipinski definition) is 1. The van der Waals surface area contributed by atoms with Crippen molar-refractivity contribution in [2.24, 2.45) is 5.73 Å². The minimum Gasteiger partial charge on any atom is -0.355 e. The Balaban J connectivity index is 1.84. The molecule has 0 fully saturated rings. The molecule has 2 aromatic heterocycles. The van der Waals surface area contributed by atoms with Crippen LogP contribution in [0.25, 0.3) is 10.1 Å². The number of anilines is 1. The predicted octanol–water partition coefficient (Wildman–Crippen LogP) is 3.39.